The molecule has 260 valence electrons. The van der Waals surface area contributed by atoms with Crippen LogP contribution in [0.3, 0.4) is 0 Å². The van der Waals surface area contributed by atoms with Crippen molar-refractivity contribution < 1.29 is 9.53 Å². The van der Waals surface area contributed by atoms with Gasteiger partial charge in [-0.15, -0.1) is 0 Å². The number of nitrogens with zero attached hydrogens (tertiary/aromatic N) is 9. The van der Waals surface area contributed by atoms with Gasteiger partial charge in [0.1, 0.15) is 28.2 Å². The molecule has 50 heavy (non-hydrogen) atoms. The summed E-state index contributed by atoms with van der Waals surface area (Å²) in [5, 5.41) is 15.9. The number of pyridine rings is 2. The number of fused-ring (bicyclic) bond motifs is 2. The van der Waals surface area contributed by atoms with Crippen LogP contribution in [0.5, 0.6) is 0 Å². The standard InChI is InChI=1S/C17H17BrClN5O2.C17H19BrN6/c1-17(2,3)26-16(25)23(10-11-5-4-6-20-8-11)14-7-13(19)22-15-12(18)9-21-24(14)15;18-14-11-21-24-16(20-10-12-4-3-7-19-9-12)8-15(23-17(14)24)22-13-5-1-2-6-13/h4-9H,10H2,1-3H3;3-4,7-9,11,13,20H,1-2,5-6,10H2,(H,22,23). The Balaban J connectivity index is 0.000000173. The van der Waals surface area contributed by atoms with Crippen LogP contribution in [0, 0.1) is 0 Å². The van der Waals surface area contributed by atoms with Crippen LogP contribution >= 0.6 is 43.5 Å². The Labute approximate surface area is 311 Å². The van der Waals surface area contributed by atoms with Gasteiger partial charge in [-0.2, -0.15) is 19.2 Å². The van der Waals surface area contributed by atoms with E-state index in [0.717, 1.165) is 32.9 Å². The molecule has 0 aliphatic heterocycles. The number of nitrogens with one attached hydrogen (secondary N) is 2. The van der Waals surface area contributed by atoms with Crippen molar-refractivity contribution in [1.82, 2.24) is 39.2 Å². The maximum Gasteiger partial charge on any atom is 0.416 e. The largest absolute Gasteiger partial charge is 0.443 e. The minimum Gasteiger partial charge on any atom is -0.443 e. The Morgan fingerprint density at radius 3 is 2.22 bits per heavy atom. The molecule has 6 aromatic heterocycles. The number of aromatic nitrogens is 8. The summed E-state index contributed by atoms with van der Waals surface area (Å²) in [4.78, 5) is 31.6. The minimum atomic E-state index is -0.648. The van der Waals surface area contributed by atoms with Crippen molar-refractivity contribution in [3.8, 4) is 0 Å². The molecule has 0 saturated heterocycles. The molecular weight excluding hydrogens is 790 g/mol. The lowest BCUT2D eigenvalue weighted by Gasteiger charge is -2.27. The van der Waals surface area contributed by atoms with Gasteiger partial charge in [0, 0.05) is 49.5 Å². The molecule has 0 atom stereocenters. The van der Waals surface area contributed by atoms with E-state index in [0.29, 0.717) is 28.5 Å². The highest BCUT2D eigenvalue weighted by molar-refractivity contribution is 9.11. The van der Waals surface area contributed by atoms with Crippen molar-refractivity contribution in [3.05, 3.63) is 98.8 Å². The number of ether oxygens (including phenoxy) is 1. The summed E-state index contributed by atoms with van der Waals surface area (Å²) in [6.07, 6.45) is 14.9. The fraction of sp³-hybridized carbons (Fsp3) is 0.324. The molecule has 0 radical (unpaired) electrons. The van der Waals surface area contributed by atoms with Gasteiger partial charge in [-0.05, 0) is 88.7 Å². The van der Waals surface area contributed by atoms with Crippen molar-refractivity contribution >= 4 is 78.3 Å². The van der Waals surface area contributed by atoms with Crippen LogP contribution in [0.15, 0.2) is 82.5 Å². The van der Waals surface area contributed by atoms with Crippen molar-refractivity contribution in [2.24, 2.45) is 0 Å². The van der Waals surface area contributed by atoms with E-state index in [4.69, 9.17) is 21.3 Å². The molecule has 0 aromatic carbocycles. The lowest BCUT2D eigenvalue weighted by Crippen LogP contribution is -2.37. The first-order chi connectivity index (χ1) is 24.0. The Morgan fingerprint density at radius 1 is 0.940 bits per heavy atom. The van der Waals surface area contributed by atoms with Crippen molar-refractivity contribution in [1.29, 1.82) is 0 Å². The van der Waals surface area contributed by atoms with Crippen LogP contribution in [0.25, 0.3) is 11.3 Å². The molecule has 0 spiro atoms. The molecule has 0 unspecified atom stereocenters. The summed E-state index contributed by atoms with van der Waals surface area (Å²) in [5.74, 6) is 2.25. The average Bonchev–Trinajstić information content (AvgIpc) is 3.84. The zero-order valence-corrected chi connectivity index (χ0v) is 31.7. The molecule has 6 aromatic rings. The van der Waals surface area contributed by atoms with E-state index >= 15 is 0 Å². The third-order valence-electron chi connectivity index (χ3n) is 7.66. The lowest BCUT2D eigenvalue weighted by molar-refractivity contribution is 0.0575. The Hall–Kier alpha value is -4.34. The predicted octanol–water partition coefficient (Wildman–Crippen LogP) is 8.34. The maximum atomic E-state index is 12.9. The molecule has 1 aliphatic rings. The number of anilines is 3. The predicted molar refractivity (Wildman–Crippen MR) is 200 cm³/mol. The van der Waals surface area contributed by atoms with Gasteiger partial charge in [-0.3, -0.25) is 14.9 Å². The third kappa shape index (κ3) is 8.87. The third-order valence-corrected chi connectivity index (χ3v) is 8.98. The second kappa shape index (κ2) is 15.7. The number of hydrogen-bond donors (Lipinski definition) is 2. The van der Waals surface area contributed by atoms with Gasteiger partial charge in [-0.25, -0.2) is 14.8 Å². The molecule has 6 heterocycles. The molecule has 1 saturated carbocycles. The molecule has 1 fully saturated rings. The number of rotatable bonds is 8. The molecule has 1 aliphatic carbocycles. The van der Waals surface area contributed by atoms with E-state index in [-0.39, 0.29) is 11.7 Å². The highest BCUT2D eigenvalue weighted by atomic mass is 79.9. The zero-order valence-electron chi connectivity index (χ0n) is 27.7. The molecule has 13 nitrogen and oxygen atoms in total. The van der Waals surface area contributed by atoms with Crippen molar-refractivity contribution in [2.75, 3.05) is 15.5 Å². The van der Waals surface area contributed by atoms with E-state index in [1.165, 1.54) is 35.1 Å². The van der Waals surface area contributed by atoms with E-state index in [1.807, 2.05) is 55.7 Å². The Morgan fingerprint density at radius 2 is 1.58 bits per heavy atom. The summed E-state index contributed by atoms with van der Waals surface area (Å²) >= 11 is 13.1. The van der Waals surface area contributed by atoms with Crippen LogP contribution in [0.1, 0.15) is 57.6 Å². The number of halogens is 3. The molecule has 2 N–H and O–H groups in total. The fourth-order valence-corrected chi connectivity index (χ4v) is 6.30. The van der Waals surface area contributed by atoms with Gasteiger partial charge in [0.05, 0.1) is 27.9 Å². The Bertz CT molecular complexity index is 2060. The average molecular weight is 826 g/mol. The topological polar surface area (TPSA) is 140 Å². The van der Waals surface area contributed by atoms with E-state index < -0.39 is 11.7 Å². The van der Waals surface area contributed by atoms with E-state index in [1.54, 1.807) is 37.1 Å². The highest BCUT2D eigenvalue weighted by Crippen LogP contribution is 2.28. The quantitative estimate of drug-likeness (QED) is 0.144. The van der Waals surface area contributed by atoms with Crippen LogP contribution in [-0.2, 0) is 17.8 Å². The summed E-state index contributed by atoms with van der Waals surface area (Å²) in [7, 11) is 0. The van der Waals surface area contributed by atoms with Crippen molar-refractivity contribution in [3.63, 3.8) is 0 Å². The normalized spacial score (nSPS) is 13.2. The smallest absolute Gasteiger partial charge is 0.416 e. The van der Waals surface area contributed by atoms with Gasteiger partial charge >= 0.3 is 6.09 Å². The SMILES string of the molecule is Brc1cnn2c(NCc3cccnc3)cc(NC3CCCC3)nc12.CC(C)(C)OC(=O)N(Cc1cccnc1)c1cc(Cl)nc2c(Br)cnn12. The first kappa shape index (κ1) is 35.5. The summed E-state index contributed by atoms with van der Waals surface area (Å²) in [6.45, 7) is 6.37. The highest BCUT2D eigenvalue weighted by Gasteiger charge is 2.27. The summed E-state index contributed by atoms with van der Waals surface area (Å²) < 4.78 is 10.5. The molecule has 0 bridgehead atoms. The van der Waals surface area contributed by atoms with Crippen LogP contribution in [0.4, 0.5) is 22.2 Å². The lowest BCUT2D eigenvalue weighted by atomic mass is 10.2. The van der Waals surface area contributed by atoms with Gasteiger partial charge in [0.2, 0.25) is 0 Å². The first-order valence-corrected chi connectivity index (χ1v) is 18.0. The minimum absolute atomic E-state index is 0.244. The Kier molecular flexibility index (Phi) is 11.1. The van der Waals surface area contributed by atoms with Gasteiger partial charge in [0.15, 0.2) is 11.3 Å². The van der Waals surface area contributed by atoms with Crippen molar-refractivity contribution in [2.45, 2.75) is 71.2 Å². The maximum absolute atomic E-state index is 12.9. The van der Waals surface area contributed by atoms with Gasteiger partial charge < -0.3 is 15.4 Å². The van der Waals surface area contributed by atoms with Gasteiger partial charge in [0.25, 0.3) is 0 Å². The first-order valence-electron chi connectivity index (χ1n) is 16.1. The summed E-state index contributed by atoms with van der Waals surface area (Å²) in [5.41, 5.74) is 2.63. The zero-order chi connectivity index (χ0) is 35.3. The van der Waals surface area contributed by atoms with E-state index in [9.17, 15) is 4.79 Å². The number of amides is 1. The van der Waals surface area contributed by atoms with Crippen LogP contribution < -0.4 is 15.5 Å². The number of carbonyl (C=O) groups is 1. The van der Waals surface area contributed by atoms with Gasteiger partial charge in [-0.1, -0.05) is 36.6 Å². The second-order valence-electron chi connectivity index (χ2n) is 12.7. The fourth-order valence-electron chi connectivity index (χ4n) is 5.42. The van der Waals surface area contributed by atoms with Crippen LogP contribution in [0.2, 0.25) is 5.15 Å². The van der Waals surface area contributed by atoms with Crippen LogP contribution in [-0.4, -0.2) is 56.9 Å². The number of hydrogen-bond acceptors (Lipinski definition) is 10. The monoisotopic (exact) mass is 823 g/mol. The molecule has 16 heteroatoms. The summed E-state index contributed by atoms with van der Waals surface area (Å²) in [6, 6.07) is 11.8. The van der Waals surface area contributed by atoms with E-state index in [2.05, 4.69) is 73.7 Å². The molecular formula is C34H36Br2ClN11O2. The second-order valence-corrected chi connectivity index (χ2v) is 14.8. The molecule has 1 amide bonds. The number of carbonyl (C=O) groups excluding carboxylic acids is 1. The molecule has 7 rings (SSSR count).